The monoisotopic (exact) mass is 268 g/mol. The smallest absolute Gasteiger partial charge is 0.168 e. The topological polar surface area (TPSA) is 17.1 Å². The molecule has 0 radical (unpaired) electrons. The van der Waals surface area contributed by atoms with Crippen LogP contribution in [0.15, 0.2) is 12.1 Å². The number of ketones is 1. The summed E-state index contributed by atoms with van der Waals surface area (Å²) in [7, 11) is 0. The highest BCUT2D eigenvalue weighted by molar-refractivity contribution is 6.31. The van der Waals surface area contributed by atoms with Crippen LogP contribution in [0.5, 0.6) is 0 Å². The van der Waals surface area contributed by atoms with E-state index in [-0.39, 0.29) is 22.3 Å². The van der Waals surface area contributed by atoms with Crippen molar-refractivity contribution in [1.82, 2.24) is 0 Å². The number of hydrogen-bond donors (Lipinski definition) is 0. The van der Waals surface area contributed by atoms with Crippen molar-refractivity contribution in [3.63, 3.8) is 0 Å². The van der Waals surface area contributed by atoms with Gasteiger partial charge >= 0.3 is 0 Å². The highest BCUT2D eigenvalue weighted by Gasteiger charge is 2.27. The van der Waals surface area contributed by atoms with E-state index >= 15 is 0 Å². The third-order valence-electron chi connectivity index (χ3n) is 3.93. The average Bonchev–Trinajstić information content (AvgIpc) is 2.36. The lowest BCUT2D eigenvalue weighted by Gasteiger charge is -2.25. The van der Waals surface area contributed by atoms with Crippen LogP contribution in [0, 0.1) is 24.6 Å². The Bertz CT molecular complexity index is 462. The summed E-state index contributed by atoms with van der Waals surface area (Å²) in [5.41, 5.74) is 0.827. The molecule has 1 saturated carbocycles. The van der Waals surface area contributed by atoms with Gasteiger partial charge in [0.1, 0.15) is 0 Å². The molecule has 0 bridgehead atoms. The molecule has 18 heavy (non-hydrogen) atoms. The van der Waals surface area contributed by atoms with Crippen LogP contribution in [-0.4, -0.2) is 5.78 Å². The van der Waals surface area contributed by atoms with Crippen LogP contribution in [0.25, 0.3) is 0 Å². The van der Waals surface area contributed by atoms with Crippen molar-refractivity contribution in [2.75, 3.05) is 0 Å². The molecule has 0 saturated heterocycles. The van der Waals surface area contributed by atoms with Gasteiger partial charge in [-0.05, 0) is 37.3 Å². The number of carbonyl (C=O) groups is 1. The maximum Gasteiger partial charge on any atom is 0.168 e. The summed E-state index contributed by atoms with van der Waals surface area (Å²) in [6, 6.07) is 3.28. The zero-order chi connectivity index (χ0) is 13.3. The number of hydrogen-bond acceptors (Lipinski definition) is 1. The summed E-state index contributed by atoms with van der Waals surface area (Å²) in [6.07, 6.45) is 3.84. The molecule has 1 fully saturated rings. The fourth-order valence-corrected chi connectivity index (χ4v) is 2.74. The van der Waals surface area contributed by atoms with Crippen LogP contribution in [0.2, 0.25) is 5.02 Å². The quantitative estimate of drug-likeness (QED) is 0.705. The van der Waals surface area contributed by atoms with Gasteiger partial charge in [-0.25, -0.2) is 4.39 Å². The maximum absolute atomic E-state index is 14.0. The highest BCUT2D eigenvalue weighted by atomic mass is 35.5. The van der Waals surface area contributed by atoms with Crippen LogP contribution in [0.1, 0.15) is 48.5 Å². The Kier molecular flexibility index (Phi) is 4.06. The second kappa shape index (κ2) is 5.40. The number of Topliss-reactive ketones (excluding diaryl/α,β-unsaturated/α-hetero) is 1. The molecule has 0 unspecified atom stereocenters. The third kappa shape index (κ3) is 2.59. The lowest BCUT2D eigenvalue weighted by Crippen LogP contribution is -2.22. The summed E-state index contributed by atoms with van der Waals surface area (Å²) in [5.74, 6) is 0.0107. The number of benzene rings is 1. The molecule has 0 N–H and O–H groups in total. The van der Waals surface area contributed by atoms with Crippen molar-refractivity contribution >= 4 is 17.4 Å². The van der Waals surface area contributed by atoms with Crippen LogP contribution in [0.3, 0.4) is 0 Å². The van der Waals surface area contributed by atoms with Gasteiger partial charge in [0.05, 0.1) is 10.6 Å². The summed E-state index contributed by atoms with van der Waals surface area (Å²) in [5, 5.41) is 0.0741. The van der Waals surface area contributed by atoms with E-state index < -0.39 is 5.82 Å². The Balaban J connectivity index is 2.21. The molecule has 1 aliphatic carbocycles. The number of carbonyl (C=O) groups excluding carboxylic acids is 1. The van der Waals surface area contributed by atoms with Gasteiger partial charge in [0, 0.05) is 5.92 Å². The maximum atomic E-state index is 14.0. The molecule has 98 valence electrons. The van der Waals surface area contributed by atoms with Crippen molar-refractivity contribution in [3.8, 4) is 0 Å². The van der Waals surface area contributed by atoms with E-state index in [0.29, 0.717) is 11.5 Å². The molecular formula is C15H18ClFO. The van der Waals surface area contributed by atoms with Crippen LogP contribution in [-0.2, 0) is 0 Å². The minimum Gasteiger partial charge on any atom is -0.294 e. The molecule has 0 spiro atoms. The zero-order valence-corrected chi connectivity index (χ0v) is 11.6. The molecule has 0 heterocycles. The van der Waals surface area contributed by atoms with Crippen molar-refractivity contribution in [1.29, 1.82) is 0 Å². The second-order valence-corrected chi connectivity index (χ2v) is 5.76. The van der Waals surface area contributed by atoms with Gasteiger partial charge in [-0.3, -0.25) is 4.79 Å². The molecule has 1 aliphatic rings. The average molecular weight is 269 g/mol. The van der Waals surface area contributed by atoms with Gasteiger partial charge in [0.25, 0.3) is 0 Å². The Morgan fingerprint density at radius 3 is 2.50 bits per heavy atom. The Morgan fingerprint density at radius 2 is 1.89 bits per heavy atom. The molecule has 0 aliphatic heterocycles. The lowest BCUT2D eigenvalue weighted by molar-refractivity contribution is 0.0871. The third-order valence-corrected chi connectivity index (χ3v) is 4.39. The minimum atomic E-state index is -0.555. The number of halogens is 2. The van der Waals surface area contributed by atoms with E-state index in [1.54, 1.807) is 19.1 Å². The molecule has 1 nitrogen and oxygen atoms in total. The normalized spacial score (nSPS) is 24.0. The predicted octanol–water partition coefficient (Wildman–Crippen LogP) is 4.80. The summed E-state index contributed by atoms with van der Waals surface area (Å²) in [6.45, 7) is 3.94. The largest absolute Gasteiger partial charge is 0.294 e. The van der Waals surface area contributed by atoms with Gasteiger partial charge in [-0.15, -0.1) is 0 Å². The Hall–Kier alpha value is -0.890. The molecule has 0 aromatic heterocycles. The molecule has 2 rings (SSSR count). The van der Waals surface area contributed by atoms with Gasteiger partial charge in [0.15, 0.2) is 11.6 Å². The van der Waals surface area contributed by atoms with Gasteiger partial charge in [0.2, 0.25) is 0 Å². The highest BCUT2D eigenvalue weighted by Crippen LogP contribution is 2.32. The minimum absolute atomic E-state index is 0.0329. The van der Waals surface area contributed by atoms with Gasteiger partial charge < -0.3 is 0 Å². The van der Waals surface area contributed by atoms with Crippen molar-refractivity contribution in [2.45, 2.75) is 39.5 Å². The van der Waals surface area contributed by atoms with Crippen LogP contribution < -0.4 is 0 Å². The van der Waals surface area contributed by atoms with Crippen molar-refractivity contribution in [2.24, 2.45) is 11.8 Å². The first kappa shape index (κ1) is 13.5. The van der Waals surface area contributed by atoms with Crippen LogP contribution in [0.4, 0.5) is 4.39 Å². The number of aryl methyl sites for hydroxylation is 1. The first-order valence-electron chi connectivity index (χ1n) is 6.49. The SMILES string of the molecule is Cc1ccc(C(=O)C2CCC(C)CC2)c(F)c1Cl. The van der Waals surface area contributed by atoms with E-state index in [0.717, 1.165) is 25.7 Å². The second-order valence-electron chi connectivity index (χ2n) is 5.38. The Labute approximate surface area is 112 Å². The first-order chi connectivity index (χ1) is 8.50. The number of rotatable bonds is 2. The standard InChI is InChI=1S/C15H18ClFO/c1-9-3-6-11(7-4-9)15(18)12-8-5-10(2)13(16)14(12)17/h5,8-9,11H,3-4,6-7H2,1-2H3. The molecule has 0 amide bonds. The van der Waals surface area contributed by atoms with E-state index in [9.17, 15) is 9.18 Å². The van der Waals surface area contributed by atoms with Crippen LogP contribution >= 0.6 is 11.6 Å². The van der Waals surface area contributed by atoms with E-state index in [4.69, 9.17) is 11.6 Å². The van der Waals surface area contributed by atoms with Crippen molar-refractivity contribution in [3.05, 3.63) is 34.1 Å². The molecular weight excluding hydrogens is 251 g/mol. The molecule has 0 atom stereocenters. The summed E-state index contributed by atoms with van der Waals surface area (Å²) in [4.78, 5) is 12.3. The summed E-state index contributed by atoms with van der Waals surface area (Å²) < 4.78 is 14.0. The van der Waals surface area contributed by atoms with E-state index in [1.807, 2.05) is 0 Å². The fourth-order valence-electron chi connectivity index (χ4n) is 2.58. The predicted molar refractivity (Wildman–Crippen MR) is 71.6 cm³/mol. The first-order valence-corrected chi connectivity index (χ1v) is 6.87. The lowest BCUT2D eigenvalue weighted by atomic mass is 9.79. The zero-order valence-electron chi connectivity index (χ0n) is 10.8. The van der Waals surface area contributed by atoms with Gasteiger partial charge in [-0.1, -0.05) is 37.4 Å². The van der Waals surface area contributed by atoms with E-state index in [2.05, 4.69) is 6.92 Å². The molecule has 1 aromatic rings. The van der Waals surface area contributed by atoms with Gasteiger partial charge in [-0.2, -0.15) is 0 Å². The summed E-state index contributed by atoms with van der Waals surface area (Å²) >= 11 is 5.86. The molecule has 3 heteroatoms. The molecule has 1 aromatic carbocycles. The Morgan fingerprint density at radius 1 is 1.28 bits per heavy atom. The fraction of sp³-hybridized carbons (Fsp3) is 0.533. The van der Waals surface area contributed by atoms with Crippen molar-refractivity contribution < 1.29 is 9.18 Å². The van der Waals surface area contributed by atoms with E-state index in [1.165, 1.54) is 0 Å².